The van der Waals surface area contributed by atoms with Crippen molar-refractivity contribution in [2.24, 2.45) is 11.7 Å². The Hall–Kier alpha value is -1.53. The van der Waals surface area contributed by atoms with E-state index in [-0.39, 0.29) is 17.7 Å². The summed E-state index contributed by atoms with van der Waals surface area (Å²) in [4.78, 5) is 24.4. The molecule has 0 radical (unpaired) electrons. The fourth-order valence-electron chi connectivity index (χ4n) is 1.90. The Morgan fingerprint density at radius 2 is 2.30 bits per heavy atom. The second kappa shape index (κ2) is 6.28. The number of nitrogens with one attached hydrogen (secondary N) is 2. The van der Waals surface area contributed by atoms with E-state index in [0.717, 1.165) is 17.0 Å². The van der Waals surface area contributed by atoms with Crippen LogP contribution in [0.2, 0.25) is 0 Å². The Bertz CT molecular complexity index is 533. The molecule has 2 atom stereocenters. The monoisotopic (exact) mass is 293 g/mol. The van der Waals surface area contributed by atoms with Crippen LogP contribution in [0.15, 0.2) is 23.1 Å². The van der Waals surface area contributed by atoms with Gasteiger partial charge in [0.25, 0.3) is 0 Å². The first-order valence-corrected chi connectivity index (χ1v) is 7.63. The van der Waals surface area contributed by atoms with E-state index in [9.17, 15) is 9.59 Å². The summed E-state index contributed by atoms with van der Waals surface area (Å²) in [5, 5.41) is 5.59. The van der Waals surface area contributed by atoms with Crippen molar-refractivity contribution in [2.45, 2.75) is 31.2 Å². The first-order valence-electron chi connectivity index (χ1n) is 6.64. The van der Waals surface area contributed by atoms with Crippen LogP contribution in [-0.2, 0) is 9.59 Å². The molecule has 1 unspecified atom stereocenters. The van der Waals surface area contributed by atoms with E-state index in [0.29, 0.717) is 11.4 Å². The van der Waals surface area contributed by atoms with Crippen LogP contribution >= 0.6 is 11.8 Å². The molecule has 1 heterocycles. The minimum Gasteiger partial charge on any atom is -0.325 e. The molecular formula is C14H19N3O2S. The lowest BCUT2D eigenvalue weighted by Gasteiger charge is -2.20. The molecule has 6 heteroatoms. The molecule has 4 N–H and O–H groups in total. The third-order valence-electron chi connectivity index (χ3n) is 3.44. The van der Waals surface area contributed by atoms with Gasteiger partial charge in [-0.3, -0.25) is 9.59 Å². The third kappa shape index (κ3) is 3.32. The minimum absolute atomic E-state index is 0.0257. The van der Waals surface area contributed by atoms with Crippen molar-refractivity contribution in [2.75, 3.05) is 16.4 Å². The van der Waals surface area contributed by atoms with Crippen LogP contribution in [0.5, 0.6) is 0 Å². The topological polar surface area (TPSA) is 84.2 Å². The highest BCUT2D eigenvalue weighted by Crippen LogP contribution is 2.33. The molecule has 0 saturated heterocycles. The summed E-state index contributed by atoms with van der Waals surface area (Å²) >= 11 is 1.49. The van der Waals surface area contributed by atoms with Crippen LogP contribution in [0.25, 0.3) is 0 Å². The highest BCUT2D eigenvalue weighted by molar-refractivity contribution is 8.00. The van der Waals surface area contributed by atoms with Gasteiger partial charge in [-0.1, -0.05) is 20.3 Å². The Kier molecular flexibility index (Phi) is 4.67. The van der Waals surface area contributed by atoms with Crippen molar-refractivity contribution < 1.29 is 9.59 Å². The molecule has 1 aliphatic rings. The molecule has 108 valence electrons. The van der Waals surface area contributed by atoms with Crippen molar-refractivity contribution in [1.82, 2.24) is 0 Å². The number of carbonyl (C=O) groups is 2. The van der Waals surface area contributed by atoms with Crippen molar-refractivity contribution in [3.8, 4) is 0 Å². The molecule has 0 aliphatic carbocycles. The van der Waals surface area contributed by atoms with Crippen molar-refractivity contribution in [1.29, 1.82) is 0 Å². The minimum atomic E-state index is -0.528. The maximum absolute atomic E-state index is 12.0. The fraction of sp³-hybridized carbons (Fsp3) is 0.429. The lowest BCUT2D eigenvalue weighted by atomic mass is 9.99. The smallest absolute Gasteiger partial charge is 0.241 e. The van der Waals surface area contributed by atoms with Gasteiger partial charge in [0.15, 0.2) is 0 Å². The van der Waals surface area contributed by atoms with Gasteiger partial charge in [0.1, 0.15) is 0 Å². The number of hydrogen-bond acceptors (Lipinski definition) is 4. The highest BCUT2D eigenvalue weighted by Gasteiger charge is 2.20. The quantitative estimate of drug-likeness (QED) is 0.793. The molecule has 0 fully saturated rings. The summed E-state index contributed by atoms with van der Waals surface area (Å²) in [7, 11) is 0. The van der Waals surface area contributed by atoms with Gasteiger partial charge in [-0.2, -0.15) is 0 Å². The van der Waals surface area contributed by atoms with Crippen LogP contribution in [-0.4, -0.2) is 23.6 Å². The number of benzene rings is 1. The van der Waals surface area contributed by atoms with Gasteiger partial charge in [-0.15, -0.1) is 11.8 Å². The van der Waals surface area contributed by atoms with Crippen LogP contribution < -0.4 is 16.4 Å². The molecule has 5 nitrogen and oxygen atoms in total. The second-order valence-corrected chi connectivity index (χ2v) is 5.97. The van der Waals surface area contributed by atoms with Crippen LogP contribution in [0.4, 0.5) is 11.4 Å². The molecule has 1 aliphatic heterocycles. The first kappa shape index (κ1) is 14.9. The van der Waals surface area contributed by atoms with Gasteiger partial charge < -0.3 is 16.4 Å². The van der Waals surface area contributed by atoms with Gasteiger partial charge in [-0.25, -0.2) is 0 Å². The number of carbonyl (C=O) groups excluding carboxylic acids is 2. The van der Waals surface area contributed by atoms with Gasteiger partial charge in [0, 0.05) is 10.6 Å². The number of thioether (sulfide) groups is 1. The molecule has 0 aromatic heterocycles. The van der Waals surface area contributed by atoms with E-state index in [4.69, 9.17) is 5.73 Å². The van der Waals surface area contributed by atoms with Gasteiger partial charge >= 0.3 is 0 Å². The van der Waals surface area contributed by atoms with Gasteiger partial charge in [-0.05, 0) is 24.1 Å². The molecule has 0 spiro atoms. The summed E-state index contributed by atoms with van der Waals surface area (Å²) in [6, 6.07) is 4.95. The molecule has 1 aromatic carbocycles. The van der Waals surface area contributed by atoms with Crippen molar-refractivity contribution in [3.05, 3.63) is 18.2 Å². The number of rotatable bonds is 4. The van der Waals surface area contributed by atoms with E-state index in [2.05, 4.69) is 10.6 Å². The molecular weight excluding hydrogens is 274 g/mol. The molecule has 0 saturated carbocycles. The number of nitrogens with two attached hydrogens (primary N) is 1. The first-order chi connectivity index (χ1) is 9.51. The predicted octanol–water partition coefficient (Wildman–Crippen LogP) is 2.04. The lowest BCUT2D eigenvalue weighted by Crippen LogP contribution is -2.40. The normalized spacial score (nSPS) is 16.9. The summed E-state index contributed by atoms with van der Waals surface area (Å²) in [5.41, 5.74) is 7.28. The summed E-state index contributed by atoms with van der Waals surface area (Å²) in [6.07, 6.45) is 0.853. The average Bonchev–Trinajstić information content (AvgIpc) is 2.45. The molecule has 2 rings (SSSR count). The number of hydrogen-bond donors (Lipinski definition) is 3. The SMILES string of the molecule is CCC(C)[C@H](N)C(=O)Nc1ccc2c(c1)NC(=O)CS2. The average molecular weight is 293 g/mol. The Balaban J connectivity index is 2.09. The number of anilines is 2. The lowest BCUT2D eigenvalue weighted by molar-refractivity contribution is -0.118. The Labute approximate surface area is 122 Å². The molecule has 1 aromatic rings. The van der Waals surface area contributed by atoms with E-state index >= 15 is 0 Å². The third-order valence-corrected chi connectivity index (χ3v) is 4.51. The van der Waals surface area contributed by atoms with Crippen LogP contribution in [0.1, 0.15) is 20.3 Å². The maximum atomic E-state index is 12.0. The fourth-order valence-corrected chi connectivity index (χ4v) is 2.69. The van der Waals surface area contributed by atoms with Gasteiger partial charge in [0.2, 0.25) is 11.8 Å². The zero-order chi connectivity index (χ0) is 14.7. The second-order valence-electron chi connectivity index (χ2n) is 4.95. The maximum Gasteiger partial charge on any atom is 0.241 e. The molecule has 0 bridgehead atoms. The summed E-state index contributed by atoms with van der Waals surface area (Å²) in [5.74, 6) is 0.330. The van der Waals surface area contributed by atoms with Gasteiger partial charge in [0.05, 0.1) is 17.5 Å². The molecule has 2 amide bonds. The number of fused-ring (bicyclic) bond motifs is 1. The van der Waals surface area contributed by atoms with Crippen molar-refractivity contribution in [3.63, 3.8) is 0 Å². The van der Waals surface area contributed by atoms with Crippen molar-refractivity contribution >= 4 is 35.0 Å². The predicted molar refractivity (Wildman–Crippen MR) is 81.9 cm³/mol. The Morgan fingerprint density at radius 3 is 3.00 bits per heavy atom. The highest BCUT2D eigenvalue weighted by atomic mass is 32.2. The zero-order valence-corrected chi connectivity index (χ0v) is 12.4. The van der Waals surface area contributed by atoms with Crippen LogP contribution in [0.3, 0.4) is 0 Å². The number of amides is 2. The standard InChI is InChI=1S/C14H19N3O2S/c1-3-8(2)13(15)14(19)16-9-4-5-11-10(6-9)17-12(18)7-20-11/h4-6,8,13H,3,7,15H2,1-2H3,(H,16,19)(H,17,18)/t8?,13-/m0/s1. The summed E-state index contributed by atoms with van der Waals surface area (Å²) in [6.45, 7) is 3.96. The molecule has 20 heavy (non-hydrogen) atoms. The largest absolute Gasteiger partial charge is 0.325 e. The van der Waals surface area contributed by atoms with E-state index in [1.165, 1.54) is 11.8 Å². The van der Waals surface area contributed by atoms with E-state index in [1.807, 2.05) is 26.0 Å². The Morgan fingerprint density at radius 1 is 1.55 bits per heavy atom. The van der Waals surface area contributed by atoms with E-state index in [1.54, 1.807) is 6.07 Å². The zero-order valence-electron chi connectivity index (χ0n) is 11.6. The summed E-state index contributed by atoms with van der Waals surface area (Å²) < 4.78 is 0. The van der Waals surface area contributed by atoms with E-state index < -0.39 is 6.04 Å². The van der Waals surface area contributed by atoms with Crippen LogP contribution in [0, 0.1) is 5.92 Å².